The van der Waals surface area contributed by atoms with Crippen LogP contribution in [0.1, 0.15) is 41.3 Å². The van der Waals surface area contributed by atoms with Crippen LogP contribution in [0.15, 0.2) is 84.0 Å². The van der Waals surface area contributed by atoms with Crippen LogP contribution in [0, 0.1) is 0 Å². The van der Waals surface area contributed by atoms with Crippen LogP contribution in [0.4, 0.5) is 5.69 Å². The number of carboxylic acids is 1. The van der Waals surface area contributed by atoms with Crippen LogP contribution in [-0.2, 0) is 21.0 Å². The first-order valence-electron chi connectivity index (χ1n) is 11.0. The van der Waals surface area contributed by atoms with Gasteiger partial charge < -0.3 is 20.0 Å². The van der Waals surface area contributed by atoms with Crippen LogP contribution < -0.4 is 10.1 Å². The lowest BCUT2D eigenvalue weighted by molar-refractivity contribution is -0.152. The summed E-state index contributed by atoms with van der Waals surface area (Å²) in [6, 6.07) is 23.2. The van der Waals surface area contributed by atoms with E-state index in [1.54, 1.807) is 42.5 Å². The van der Waals surface area contributed by atoms with Gasteiger partial charge in [0.25, 0.3) is 5.91 Å². The van der Waals surface area contributed by atoms with Crippen LogP contribution in [0.3, 0.4) is 0 Å². The molecule has 0 radical (unpaired) electrons. The predicted octanol–water partition coefficient (Wildman–Crippen LogP) is 4.44. The number of ketones is 1. The van der Waals surface area contributed by atoms with Crippen LogP contribution in [0.5, 0.6) is 5.75 Å². The van der Waals surface area contributed by atoms with E-state index in [1.165, 1.54) is 6.92 Å². The van der Waals surface area contributed by atoms with Crippen LogP contribution in [0.2, 0.25) is 0 Å². The third-order valence-electron chi connectivity index (χ3n) is 5.62. The minimum absolute atomic E-state index is 0.0532. The average Bonchev–Trinajstić information content (AvgIpc) is 3.28. The third kappa shape index (κ3) is 5.55. The van der Waals surface area contributed by atoms with Gasteiger partial charge in [0.05, 0.1) is 12.1 Å². The molecule has 35 heavy (non-hydrogen) atoms. The monoisotopic (exact) mass is 472 g/mol. The van der Waals surface area contributed by atoms with E-state index >= 15 is 0 Å². The molecule has 0 spiro atoms. The van der Waals surface area contributed by atoms with Gasteiger partial charge >= 0.3 is 5.97 Å². The quantitative estimate of drug-likeness (QED) is 0.445. The molecule has 1 aliphatic heterocycles. The standard InChI is InChI=1S/C27H24N2O6/c1-18(30)20-11-13-21(14-12-20)28-26(33)27(16-25(31)32)15-23(29-35-27)22-9-5-6-10-24(22)34-17-19-7-3-2-4-8-19/h2-14H,15-17H2,1H3,(H,28,33)(H,31,32)/t27-/m0/s1. The number of hydrogen-bond donors (Lipinski definition) is 2. The van der Waals surface area contributed by atoms with Gasteiger partial charge in [0.15, 0.2) is 5.78 Å². The van der Waals surface area contributed by atoms with Crippen LogP contribution >= 0.6 is 0 Å². The zero-order valence-corrected chi connectivity index (χ0v) is 19.1. The topological polar surface area (TPSA) is 114 Å². The highest BCUT2D eigenvalue weighted by atomic mass is 16.7. The van der Waals surface area contributed by atoms with Crippen molar-refractivity contribution in [2.45, 2.75) is 32.0 Å². The number of nitrogens with one attached hydrogen (secondary N) is 1. The van der Waals surface area contributed by atoms with E-state index in [4.69, 9.17) is 9.57 Å². The third-order valence-corrected chi connectivity index (χ3v) is 5.62. The van der Waals surface area contributed by atoms with Gasteiger partial charge in [0, 0.05) is 23.2 Å². The van der Waals surface area contributed by atoms with Crippen molar-refractivity contribution in [1.82, 2.24) is 0 Å². The van der Waals surface area contributed by atoms with E-state index in [0.717, 1.165) is 5.56 Å². The number of Topliss-reactive ketones (excluding diaryl/α,β-unsaturated/α-hetero) is 1. The largest absolute Gasteiger partial charge is 0.488 e. The van der Waals surface area contributed by atoms with Crippen molar-refractivity contribution in [1.29, 1.82) is 0 Å². The van der Waals surface area contributed by atoms with E-state index in [2.05, 4.69) is 10.5 Å². The molecule has 0 aromatic heterocycles. The molecule has 178 valence electrons. The average molecular weight is 472 g/mol. The van der Waals surface area contributed by atoms with Crippen molar-refractivity contribution < 1.29 is 29.1 Å². The lowest BCUT2D eigenvalue weighted by Gasteiger charge is -2.23. The molecule has 1 aliphatic rings. The van der Waals surface area contributed by atoms with Crippen molar-refractivity contribution in [3.8, 4) is 5.75 Å². The molecule has 0 saturated heterocycles. The van der Waals surface area contributed by atoms with Gasteiger partial charge in [-0.2, -0.15) is 0 Å². The number of ether oxygens (including phenoxy) is 1. The molecule has 1 atom stereocenters. The first-order chi connectivity index (χ1) is 16.9. The van der Waals surface area contributed by atoms with Crippen LogP contribution in [-0.4, -0.2) is 34.1 Å². The Morgan fingerprint density at radius 2 is 1.69 bits per heavy atom. The van der Waals surface area contributed by atoms with Crippen molar-refractivity contribution >= 4 is 29.1 Å². The van der Waals surface area contributed by atoms with Crippen LogP contribution in [0.25, 0.3) is 0 Å². The maximum absolute atomic E-state index is 13.2. The molecule has 3 aromatic carbocycles. The fourth-order valence-corrected chi connectivity index (χ4v) is 3.76. The van der Waals surface area contributed by atoms with Gasteiger partial charge in [-0.25, -0.2) is 0 Å². The Morgan fingerprint density at radius 1 is 1.00 bits per heavy atom. The van der Waals surface area contributed by atoms with Gasteiger partial charge in [-0.3, -0.25) is 14.4 Å². The van der Waals surface area contributed by atoms with Crippen molar-refractivity contribution in [3.05, 3.63) is 95.6 Å². The number of nitrogens with zero attached hydrogens (tertiary/aromatic N) is 1. The van der Waals surface area contributed by atoms with Crippen molar-refractivity contribution in [2.24, 2.45) is 5.16 Å². The number of carbonyl (C=O) groups is 3. The molecule has 0 fully saturated rings. The summed E-state index contributed by atoms with van der Waals surface area (Å²) in [5, 5.41) is 16.3. The lowest BCUT2D eigenvalue weighted by Crippen LogP contribution is -2.45. The first kappa shape index (κ1) is 23.7. The van der Waals surface area contributed by atoms with Gasteiger partial charge in [0.1, 0.15) is 12.4 Å². The number of rotatable bonds is 9. The zero-order valence-electron chi connectivity index (χ0n) is 19.1. The Bertz CT molecular complexity index is 1270. The number of oxime groups is 1. The first-order valence-corrected chi connectivity index (χ1v) is 11.0. The lowest BCUT2D eigenvalue weighted by atomic mass is 9.89. The molecule has 8 nitrogen and oxygen atoms in total. The maximum atomic E-state index is 13.2. The molecular weight excluding hydrogens is 448 g/mol. The van der Waals surface area contributed by atoms with E-state index < -0.39 is 23.9 Å². The molecule has 1 heterocycles. The second-order valence-electron chi connectivity index (χ2n) is 8.23. The number of carbonyl (C=O) groups excluding carboxylic acids is 2. The predicted molar refractivity (Wildman–Crippen MR) is 130 cm³/mol. The highest BCUT2D eigenvalue weighted by molar-refractivity contribution is 6.10. The number of carboxylic acid groups (broad SMARTS) is 1. The summed E-state index contributed by atoms with van der Waals surface area (Å²) in [5.41, 5.74) is 1.20. The van der Waals surface area contributed by atoms with E-state index in [0.29, 0.717) is 34.9 Å². The molecule has 0 aliphatic carbocycles. The van der Waals surface area contributed by atoms with Crippen molar-refractivity contribution in [2.75, 3.05) is 5.32 Å². The maximum Gasteiger partial charge on any atom is 0.308 e. The molecule has 0 bridgehead atoms. The summed E-state index contributed by atoms with van der Waals surface area (Å²) in [6.45, 7) is 1.78. The Hall–Kier alpha value is -4.46. The van der Waals surface area contributed by atoms with E-state index in [-0.39, 0.29) is 12.2 Å². The second kappa shape index (κ2) is 10.2. The Morgan fingerprint density at radius 3 is 2.37 bits per heavy atom. The number of hydrogen-bond acceptors (Lipinski definition) is 6. The molecule has 0 saturated carbocycles. The summed E-state index contributed by atoms with van der Waals surface area (Å²) in [6.07, 6.45) is -0.632. The summed E-state index contributed by atoms with van der Waals surface area (Å²) in [5.74, 6) is -1.39. The number of aliphatic carboxylic acids is 1. The molecular formula is C27H24N2O6. The van der Waals surface area contributed by atoms with Crippen molar-refractivity contribution in [3.63, 3.8) is 0 Å². The fraction of sp³-hybridized carbons (Fsp3) is 0.185. The van der Waals surface area contributed by atoms with Gasteiger partial charge in [-0.1, -0.05) is 47.6 Å². The van der Waals surface area contributed by atoms with E-state index in [9.17, 15) is 19.5 Å². The van der Waals surface area contributed by atoms with E-state index in [1.807, 2.05) is 36.4 Å². The van der Waals surface area contributed by atoms with Gasteiger partial charge in [0.2, 0.25) is 5.60 Å². The number of benzene rings is 3. The molecule has 2 N–H and O–H groups in total. The summed E-state index contributed by atoms with van der Waals surface area (Å²) >= 11 is 0. The Balaban J connectivity index is 1.53. The number of para-hydroxylation sites is 1. The second-order valence-corrected chi connectivity index (χ2v) is 8.23. The minimum atomic E-state index is -1.73. The fourth-order valence-electron chi connectivity index (χ4n) is 3.76. The Labute approximate surface area is 202 Å². The van der Waals surface area contributed by atoms with Gasteiger partial charge in [-0.05, 0) is 48.9 Å². The highest BCUT2D eigenvalue weighted by Crippen LogP contribution is 2.34. The summed E-state index contributed by atoms with van der Waals surface area (Å²) in [4.78, 5) is 41.8. The zero-order chi connectivity index (χ0) is 24.8. The molecule has 4 rings (SSSR count). The molecule has 3 aromatic rings. The summed E-state index contributed by atoms with van der Waals surface area (Å²) in [7, 11) is 0. The number of anilines is 1. The number of amides is 1. The minimum Gasteiger partial charge on any atom is -0.488 e. The normalized spacial score (nSPS) is 16.7. The summed E-state index contributed by atoms with van der Waals surface area (Å²) < 4.78 is 5.99. The molecule has 8 heteroatoms. The van der Waals surface area contributed by atoms with Gasteiger partial charge in [-0.15, -0.1) is 0 Å². The Kier molecular flexibility index (Phi) is 6.91. The highest BCUT2D eigenvalue weighted by Gasteiger charge is 2.49. The smallest absolute Gasteiger partial charge is 0.308 e. The molecule has 0 unspecified atom stereocenters. The SMILES string of the molecule is CC(=O)c1ccc(NC(=O)[C@@]2(CC(=O)O)CC(c3ccccc3OCc3ccccc3)=NO2)cc1. The molecule has 1 amide bonds.